The molecule has 1 fully saturated rings. The van der Waals surface area contributed by atoms with Crippen molar-refractivity contribution < 1.29 is 18.7 Å². The average molecular weight is 463 g/mol. The molecule has 1 saturated heterocycles. The standard InChI is InChI=1S/C27H30N2O5/c1-3-13-33-20-6-4-5-19(17-20)24-23-25(30)21-16-18(2)7-8-22(21)34-26(23)27(31)29(24)10-9-28-11-14-32-15-12-28/h4-8,16-17,24H,3,9-15H2,1-2H3/t24-/m0/s1. The van der Waals surface area contributed by atoms with Crippen LogP contribution in [0.5, 0.6) is 5.75 Å². The minimum atomic E-state index is -0.519. The maximum Gasteiger partial charge on any atom is 0.290 e. The highest BCUT2D eigenvalue weighted by Crippen LogP contribution is 2.39. The molecular formula is C27H30N2O5. The normalized spacial score (nSPS) is 18.5. The molecule has 5 rings (SSSR count). The summed E-state index contributed by atoms with van der Waals surface area (Å²) in [4.78, 5) is 31.4. The van der Waals surface area contributed by atoms with E-state index in [1.807, 2.05) is 43.3 Å². The molecule has 0 unspecified atom stereocenters. The molecule has 1 aromatic heterocycles. The zero-order valence-corrected chi connectivity index (χ0v) is 19.7. The van der Waals surface area contributed by atoms with Gasteiger partial charge in [-0.05, 0) is 43.2 Å². The average Bonchev–Trinajstić information content (AvgIpc) is 3.14. The van der Waals surface area contributed by atoms with E-state index in [9.17, 15) is 9.59 Å². The quantitative estimate of drug-likeness (QED) is 0.532. The summed E-state index contributed by atoms with van der Waals surface area (Å²) in [6.45, 7) is 8.86. The van der Waals surface area contributed by atoms with Crippen LogP contribution in [0, 0.1) is 6.92 Å². The summed E-state index contributed by atoms with van der Waals surface area (Å²) in [5, 5.41) is 0.505. The SMILES string of the molecule is CCCOc1cccc([C@H]2c3c(oc4ccc(C)cc4c3=O)C(=O)N2CCN2CCOCC2)c1. The molecule has 3 heterocycles. The maximum atomic E-state index is 13.7. The Bertz CT molecular complexity index is 1260. The van der Waals surface area contributed by atoms with Gasteiger partial charge in [-0.25, -0.2) is 0 Å². The van der Waals surface area contributed by atoms with Crippen molar-refractivity contribution in [1.82, 2.24) is 9.80 Å². The van der Waals surface area contributed by atoms with Crippen molar-refractivity contribution in [2.75, 3.05) is 46.0 Å². The molecule has 3 aromatic rings. The van der Waals surface area contributed by atoms with E-state index in [1.54, 1.807) is 11.0 Å². The third kappa shape index (κ3) is 4.21. The molecule has 7 nitrogen and oxygen atoms in total. The van der Waals surface area contributed by atoms with Gasteiger partial charge >= 0.3 is 0 Å². The zero-order valence-electron chi connectivity index (χ0n) is 19.7. The van der Waals surface area contributed by atoms with Crippen molar-refractivity contribution in [3.05, 3.63) is 75.1 Å². The molecule has 34 heavy (non-hydrogen) atoms. The van der Waals surface area contributed by atoms with Crippen LogP contribution in [-0.4, -0.2) is 61.7 Å². The lowest BCUT2D eigenvalue weighted by molar-refractivity contribution is 0.0314. The van der Waals surface area contributed by atoms with Gasteiger partial charge in [0.25, 0.3) is 5.91 Å². The van der Waals surface area contributed by atoms with E-state index in [2.05, 4.69) is 11.8 Å². The van der Waals surface area contributed by atoms with Crippen molar-refractivity contribution in [3.63, 3.8) is 0 Å². The number of benzene rings is 2. The van der Waals surface area contributed by atoms with Gasteiger partial charge in [0.1, 0.15) is 11.3 Å². The van der Waals surface area contributed by atoms with Gasteiger partial charge in [-0.2, -0.15) is 0 Å². The van der Waals surface area contributed by atoms with Crippen LogP contribution >= 0.6 is 0 Å². The van der Waals surface area contributed by atoms with Crippen LogP contribution in [0.1, 0.15) is 46.6 Å². The third-order valence-corrected chi connectivity index (χ3v) is 6.53. The lowest BCUT2D eigenvalue weighted by Gasteiger charge is -2.31. The number of carbonyl (C=O) groups is 1. The highest BCUT2D eigenvalue weighted by atomic mass is 16.5. The molecular weight excluding hydrogens is 432 g/mol. The second-order valence-electron chi connectivity index (χ2n) is 8.95. The van der Waals surface area contributed by atoms with Crippen molar-refractivity contribution in [2.45, 2.75) is 26.3 Å². The van der Waals surface area contributed by atoms with Crippen molar-refractivity contribution in [2.24, 2.45) is 0 Å². The highest BCUT2D eigenvalue weighted by Gasteiger charge is 2.42. The fourth-order valence-corrected chi connectivity index (χ4v) is 4.78. The predicted molar refractivity (Wildman–Crippen MR) is 130 cm³/mol. The topological polar surface area (TPSA) is 72.2 Å². The number of hydrogen-bond acceptors (Lipinski definition) is 6. The molecule has 0 radical (unpaired) electrons. The van der Waals surface area contributed by atoms with E-state index in [4.69, 9.17) is 13.9 Å². The minimum absolute atomic E-state index is 0.146. The molecule has 0 aliphatic carbocycles. The Labute approximate surface area is 198 Å². The maximum absolute atomic E-state index is 13.7. The fraction of sp³-hybridized carbons (Fsp3) is 0.407. The first-order valence-corrected chi connectivity index (χ1v) is 12.0. The van der Waals surface area contributed by atoms with Crippen molar-refractivity contribution >= 4 is 16.9 Å². The molecule has 0 bridgehead atoms. The predicted octanol–water partition coefficient (Wildman–Crippen LogP) is 3.77. The molecule has 2 aliphatic rings. The first kappa shape index (κ1) is 22.6. The van der Waals surface area contributed by atoms with E-state index < -0.39 is 6.04 Å². The smallest absolute Gasteiger partial charge is 0.290 e. The summed E-state index contributed by atoms with van der Waals surface area (Å²) in [6.07, 6.45) is 0.898. The summed E-state index contributed by atoms with van der Waals surface area (Å²) < 4.78 is 17.4. The van der Waals surface area contributed by atoms with Crippen molar-refractivity contribution in [1.29, 1.82) is 0 Å². The molecule has 2 aromatic carbocycles. The molecule has 0 saturated carbocycles. The lowest BCUT2D eigenvalue weighted by atomic mass is 9.98. The van der Waals surface area contributed by atoms with Gasteiger partial charge in [0.2, 0.25) is 5.76 Å². The zero-order chi connectivity index (χ0) is 23.7. The Hall–Kier alpha value is -3.16. The Morgan fingerprint density at radius 1 is 1.06 bits per heavy atom. The molecule has 1 atom stereocenters. The summed E-state index contributed by atoms with van der Waals surface area (Å²) in [6, 6.07) is 12.7. The molecule has 0 spiro atoms. The van der Waals surface area contributed by atoms with Crippen LogP contribution in [0.3, 0.4) is 0 Å². The molecule has 0 N–H and O–H groups in total. The number of ether oxygens (including phenoxy) is 2. The number of amides is 1. The van der Waals surface area contributed by atoms with Crippen LogP contribution in [-0.2, 0) is 4.74 Å². The van der Waals surface area contributed by atoms with Gasteiger partial charge in [-0.3, -0.25) is 14.5 Å². The number of hydrogen-bond donors (Lipinski definition) is 0. The van der Waals surface area contributed by atoms with Gasteiger partial charge in [-0.15, -0.1) is 0 Å². The second kappa shape index (κ2) is 9.60. The van der Waals surface area contributed by atoms with Gasteiger partial charge in [-0.1, -0.05) is 30.7 Å². The number of fused-ring (bicyclic) bond motifs is 2. The monoisotopic (exact) mass is 462 g/mol. The van der Waals surface area contributed by atoms with Gasteiger partial charge in [0.05, 0.1) is 36.8 Å². The summed E-state index contributed by atoms with van der Waals surface area (Å²) in [7, 11) is 0. The van der Waals surface area contributed by atoms with E-state index in [-0.39, 0.29) is 17.1 Å². The highest BCUT2D eigenvalue weighted by molar-refractivity contribution is 5.99. The largest absolute Gasteiger partial charge is 0.494 e. The van der Waals surface area contributed by atoms with E-state index >= 15 is 0 Å². The first-order chi connectivity index (χ1) is 16.6. The van der Waals surface area contributed by atoms with Crippen LogP contribution in [0.2, 0.25) is 0 Å². The van der Waals surface area contributed by atoms with Gasteiger partial charge < -0.3 is 18.8 Å². The molecule has 178 valence electrons. The Kier molecular flexibility index (Phi) is 6.39. The molecule has 7 heteroatoms. The van der Waals surface area contributed by atoms with Crippen LogP contribution in [0.4, 0.5) is 0 Å². The second-order valence-corrected chi connectivity index (χ2v) is 8.95. The summed E-state index contributed by atoms with van der Waals surface area (Å²) in [5.41, 5.74) is 2.53. The number of carbonyl (C=O) groups excluding carboxylic acids is 1. The lowest BCUT2D eigenvalue weighted by Crippen LogP contribution is -2.42. The number of aryl methyl sites for hydroxylation is 1. The Morgan fingerprint density at radius 2 is 1.88 bits per heavy atom. The summed E-state index contributed by atoms with van der Waals surface area (Å²) in [5.74, 6) is 0.635. The van der Waals surface area contributed by atoms with Crippen LogP contribution in [0.15, 0.2) is 51.7 Å². The summed E-state index contributed by atoms with van der Waals surface area (Å²) >= 11 is 0. The van der Waals surface area contributed by atoms with Crippen LogP contribution < -0.4 is 10.2 Å². The molecule has 1 amide bonds. The number of rotatable bonds is 7. The van der Waals surface area contributed by atoms with E-state index in [1.165, 1.54) is 0 Å². The Morgan fingerprint density at radius 3 is 2.68 bits per heavy atom. The van der Waals surface area contributed by atoms with Gasteiger partial charge in [0.15, 0.2) is 5.43 Å². The van der Waals surface area contributed by atoms with Crippen molar-refractivity contribution in [3.8, 4) is 5.75 Å². The minimum Gasteiger partial charge on any atom is -0.494 e. The van der Waals surface area contributed by atoms with E-state index in [0.717, 1.165) is 36.4 Å². The number of nitrogens with zero attached hydrogens (tertiary/aromatic N) is 2. The Balaban J connectivity index is 1.59. The van der Waals surface area contributed by atoms with Gasteiger partial charge in [0, 0.05) is 26.2 Å². The number of morpholine rings is 1. The van der Waals surface area contributed by atoms with Crippen LogP contribution in [0.25, 0.3) is 11.0 Å². The van der Waals surface area contributed by atoms with E-state index in [0.29, 0.717) is 49.4 Å². The first-order valence-electron chi connectivity index (χ1n) is 12.0. The fourth-order valence-electron chi connectivity index (χ4n) is 4.78. The molecule has 2 aliphatic heterocycles. The third-order valence-electron chi connectivity index (χ3n) is 6.53.